The molecule has 1 N–H and O–H groups in total. The van der Waals surface area contributed by atoms with Crippen LogP contribution in [0.15, 0.2) is 41.9 Å². The Morgan fingerprint density at radius 1 is 1.26 bits per heavy atom. The summed E-state index contributed by atoms with van der Waals surface area (Å²) in [5.74, 6) is 1.72. The average Bonchev–Trinajstić information content (AvgIpc) is 3.08. The van der Waals surface area contributed by atoms with Crippen molar-refractivity contribution >= 4 is 11.7 Å². The largest absolute Gasteiger partial charge is 0.494 e. The number of rotatable bonds is 5. The van der Waals surface area contributed by atoms with Gasteiger partial charge in [0.05, 0.1) is 6.61 Å². The SMILES string of the molecule is CCCCOc1ccc([C@@H]2C3=C(CC(C)(C)CC3=O)Nc3ncnn32)cc1. The second-order valence-electron chi connectivity index (χ2n) is 8.16. The number of carbonyl (C=O) groups is 1. The molecule has 2 aromatic rings. The Morgan fingerprint density at radius 3 is 2.78 bits per heavy atom. The number of hydrogen-bond donors (Lipinski definition) is 1. The lowest BCUT2D eigenvalue weighted by molar-refractivity contribution is -0.118. The summed E-state index contributed by atoms with van der Waals surface area (Å²) in [6, 6.07) is 7.76. The fourth-order valence-corrected chi connectivity index (χ4v) is 3.94. The molecular formula is C21H26N4O2. The van der Waals surface area contributed by atoms with Crippen molar-refractivity contribution in [3.8, 4) is 5.75 Å². The molecule has 0 radical (unpaired) electrons. The third-order valence-electron chi connectivity index (χ3n) is 5.24. The Kier molecular flexibility index (Phi) is 4.50. The van der Waals surface area contributed by atoms with Gasteiger partial charge in [0.1, 0.15) is 18.1 Å². The number of carbonyl (C=O) groups excluding carboxylic acids is 1. The van der Waals surface area contributed by atoms with Gasteiger partial charge in [0, 0.05) is 17.7 Å². The van der Waals surface area contributed by atoms with E-state index in [2.05, 4.69) is 36.2 Å². The van der Waals surface area contributed by atoms with Gasteiger partial charge in [-0.05, 0) is 36.0 Å². The fourth-order valence-electron chi connectivity index (χ4n) is 3.94. The molecular weight excluding hydrogens is 340 g/mol. The van der Waals surface area contributed by atoms with Gasteiger partial charge in [-0.15, -0.1) is 0 Å². The molecule has 1 aromatic heterocycles. The minimum Gasteiger partial charge on any atom is -0.494 e. The zero-order chi connectivity index (χ0) is 19.0. The summed E-state index contributed by atoms with van der Waals surface area (Å²) in [6.07, 6.45) is 5.06. The van der Waals surface area contributed by atoms with E-state index in [1.807, 2.05) is 28.9 Å². The quantitative estimate of drug-likeness (QED) is 0.806. The third-order valence-corrected chi connectivity index (χ3v) is 5.24. The lowest BCUT2D eigenvalue weighted by atomic mass is 9.73. The van der Waals surface area contributed by atoms with Crippen LogP contribution in [0.25, 0.3) is 0 Å². The lowest BCUT2D eigenvalue weighted by Crippen LogP contribution is -2.36. The summed E-state index contributed by atoms with van der Waals surface area (Å²) in [6.45, 7) is 7.13. The molecule has 1 aliphatic carbocycles. The summed E-state index contributed by atoms with van der Waals surface area (Å²) in [7, 11) is 0. The first-order chi connectivity index (χ1) is 13.0. The number of ketones is 1. The molecule has 0 unspecified atom stereocenters. The standard InChI is InChI=1S/C21H26N4O2/c1-4-5-10-27-15-8-6-14(7-9-15)19-18-16(11-21(2,3)12-17(18)26)24-20-22-13-23-25(19)20/h6-9,13,19H,4-5,10-12H2,1-3H3,(H,22,23,24)/t19-/m1/s1. The molecule has 0 spiro atoms. The first-order valence-electron chi connectivity index (χ1n) is 9.64. The number of allylic oxidation sites excluding steroid dienone is 2. The number of nitrogens with one attached hydrogen (secondary N) is 1. The Bertz CT molecular complexity index is 880. The summed E-state index contributed by atoms with van der Waals surface area (Å²) >= 11 is 0. The Morgan fingerprint density at radius 2 is 2.04 bits per heavy atom. The third kappa shape index (κ3) is 3.36. The summed E-state index contributed by atoms with van der Waals surface area (Å²) < 4.78 is 7.58. The molecule has 2 aliphatic rings. The minimum atomic E-state index is -0.243. The highest BCUT2D eigenvalue weighted by molar-refractivity contribution is 6.00. The molecule has 6 nitrogen and oxygen atoms in total. The maximum absolute atomic E-state index is 13.0. The smallest absolute Gasteiger partial charge is 0.226 e. The van der Waals surface area contributed by atoms with Crippen molar-refractivity contribution in [3.63, 3.8) is 0 Å². The Balaban J connectivity index is 1.70. The first kappa shape index (κ1) is 17.8. The average molecular weight is 366 g/mol. The predicted molar refractivity (Wildman–Crippen MR) is 104 cm³/mol. The molecule has 0 saturated carbocycles. The molecule has 1 atom stereocenters. The number of ether oxygens (including phenoxy) is 1. The first-order valence-corrected chi connectivity index (χ1v) is 9.64. The van der Waals surface area contributed by atoms with Crippen LogP contribution in [0, 0.1) is 5.41 Å². The molecule has 142 valence electrons. The minimum absolute atomic E-state index is 0.0490. The number of hydrogen-bond acceptors (Lipinski definition) is 5. The van der Waals surface area contributed by atoms with Crippen LogP contribution < -0.4 is 10.1 Å². The maximum atomic E-state index is 13.0. The normalized spacial score (nSPS) is 20.7. The monoisotopic (exact) mass is 366 g/mol. The van der Waals surface area contributed by atoms with Crippen LogP contribution in [-0.2, 0) is 4.79 Å². The van der Waals surface area contributed by atoms with E-state index in [0.29, 0.717) is 12.4 Å². The number of anilines is 1. The van der Waals surface area contributed by atoms with Crippen molar-refractivity contribution in [2.75, 3.05) is 11.9 Å². The van der Waals surface area contributed by atoms with E-state index >= 15 is 0 Å². The summed E-state index contributed by atoms with van der Waals surface area (Å²) in [5.41, 5.74) is 2.76. The van der Waals surface area contributed by atoms with Gasteiger partial charge >= 0.3 is 0 Å². The molecule has 4 rings (SSSR count). The van der Waals surface area contributed by atoms with Crippen molar-refractivity contribution in [1.82, 2.24) is 14.8 Å². The number of nitrogens with zero attached hydrogens (tertiary/aromatic N) is 3. The summed E-state index contributed by atoms with van der Waals surface area (Å²) in [4.78, 5) is 17.4. The van der Waals surface area contributed by atoms with Gasteiger partial charge in [0.2, 0.25) is 5.95 Å². The molecule has 0 amide bonds. The topological polar surface area (TPSA) is 69.0 Å². The van der Waals surface area contributed by atoms with Gasteiger partial charge in [0.15, 0.2) is 5.78 Å². The molecule has 0 fully saturated rings. The Labute approximate surface area is 159 Å². The van der Waals surface area contributed by atoms with E-state index < -0.39 is 0 Å². The van der Waals surface area contributed by atoms with Crippen molar-refractivity contribution in [1.29, 1.82) is 0 Å². The van der Waals surface area contributed by atoms with Crippen molar-refractivity contribution in [2.45, 2.75) is 52.5 Å². The van der Waals surface area contributed by atoms with Crippen LogP contribution in [0.4, 0.5) is 5.95 Å². The van der Waals surface area contributed by atoms with Gasteiger partial charge in [-0.3, -0.25) is 4.79 Å². The van der Waals surface area contributed by atoms with Gasteiger partial charge in [-0.2, -0.15) is 10.1 Å². The van der Waals surface area contributed by atoms with Crippen LogP contribution in [-0.4, -0.2) is 27.2 Å². The second kappa shape index (κ2) is 6.83. The number of fused-ring (bicyclic) bond motifs is 1. The molecule has 1 aromatic carbocycles. The van der Waals surface area contributed by atoms with E-state index in [9.17, 15) is 4.79 Å². The van der Waals surface area contributed by atoms with E-state index in [-0.39, 0.29) is 17.2 Å². The summed E-state index contributed by atoms with van der Waals surface area (Å²) in [5, 5.41) is 7.72. The van der Waals surface area contributed by atoms with Crippen LogP contribution in [0.5, 0.6) is 5.75 Å². The molecule has 2 heterocycles. The highest BCUT2D eigenvalue weighted by Gasteiger charge is 2.41. The molecule has 27 heavy (non-hydrogen) atoms. The highest BCUT2D eigenvalue weighted by Crippen LogP contribution is 2.45. The predicted octanol–water partition coefficient (Wildman–Crippen LogP) is 4.12. The van der Waals surface area contributed by atoms with Crippen molar-refractivity contribution in [2.24, 2.45) is 5.41 Å². The van der Waals surface area contributed by atoms with Crippen LogP contribution in [0.2, 0.25) is 0 Å². The van der Waals surface area contributed by atoms with Gasteiger partial charge < -0.3 is 10.1 Å². The zero-order valence-electron chi connectivity index (χ0n) is 16.2. The van der Waals surface area contributed by atoms with Crippen LogP contribution in [0.1, 0.15) is 58.1 Å². The van der Waals surface area contributed by atoms with Gasteiger partial charge in [-0.25, -0.2) is 4.68 Å². The lowest BCUT2D eigenvalue weighted by Gasteiger charge is -2.38. The molecule has 6 heteroatoms. The number of unbranched alkanes of at least 4 members (excludes halogenated alkanes) is 1. The number of Topliss-reactive ketones (excluding diaryl/α,β-unsaturated/α-hetero) is 1. The highest BCUT2D eigenvalue weighted by atomic mass is 16.5. The molecule has 0 saturated heterocycles. The van der Waals surface area contributed by atoms with Gasteiger partial charge in [0.25, 0.3) is 0 Å². The van der Waals surface area contributed by atoms with Crippen LogP contribution in [0.3, 0.4) is 0 Å². The van der Waals surface area contributed by atoms with Crippen molar-refractivity contribution < 1.29 is 9.53 Å². The van der Waals surface area contributed by atoms with Crippen molar-refractivity contribution in [3.05, 3.63) is 47.4 Å². The fraction of sp³-hybridized carbons (Fsp3) is 0.476. The number of aromatic nitrogens is 3. The second-order valence-corrected chi connectivity index (χ2v) is 8.16. The van der Waals surface area contributed by atoms with E-state index in [4.69, 9.17) is 4.74 Å². The van der Waals surface area contributed by atoms with Gasteiger partial charge in [-0.1, -0.05) is 39.3 Å². The molecule has 1 aliphatic heterocycles. The van der Waals surface area contributed by atoms with Crippen LogP contribution >= 0.6 is 0 Å². The number of benzene rings is 1. The zero-order valence-corrected chi connectivity index (χ0v) is 16.2. The van der Waals surface area contributed by atoms with E-state index in [0.717, 1.165) is 48.5 Å². The van der Waals surface area contributed by atoms with E-state index in [1.54, 1.807) is 0 Å². The molecule has 0 bridgehead atoms. The Hall–Kier alpha value is -2.63. The maximum Gasteiger partial charge on any atom is 0.226 e. The van der Waals surface area contributed by atoms with E-state index in [1.165, 1.54) is 6.33 Å².